The summed E-state index contributed by atoms with van der Waals surface area (Å²) in [5.74, 6) is -0.473. The molecular weight excluding hydrogens is 296 g/mol. The van der Waals surface area contributed by atoms with Crippen LogP contribution in [0, 0.1) is 0 Å². The largest absolute Gasteiger partial charge is 0.375 e. The number of nitrogens with one attached hydrogen (secondary N) is 2. The Morgan fingerprint density at radius 3 is 3.05 bits per heavy atom. The first-order valence-corrected chi connectivity index (χ1v) is 5.96. The fourth-order valence-electron chi connectivity index (χ4n) is 1.38. The highest BCUT2D eigenvalue weighted by Crippen LogP contribution is 2.18. The molecule has 0 aliphatic carbocycles. The third kappa shape index (κ3) is 3.81. The second-order valence-corrected chi connectivity index (χ2v) is 4.06. The van der Waals surface area contributed by atoms with Crippen molar-refractivity contribution >= 4 is 34.6 Å². The number of aromatic amines is 1. The fourth-order valence-corrected chi connectivity index (χ4v) is 1.60. The van der Waals surface area contributed by atoms with Gasteiger partial charge in [-0.25, -0.2) is 13.8 Å². The number of amides is 1. The van der Waals surface area contributed by atoms with Gasteiger partial charge in [0.1, 0.15) is 12.1 Å². The predicted octanol–water partition coefficient (Wildman–Crippen LogP) is 1.62. The Kier molecular flexibility index (Phi) is 4.74. The number of nitrogens with zero attached hydrogens (tertiary/aromatic N) is 3. The summed E-state index contributed by atoms with van der Waals surface area (Å²) in [6.07, 6.45) is -1.25. The normalized spacial score (nSPS) is 11.2. The summed E-state index contributed by atoms with van der Waals surface area (Å²) in [7, 11) is 0. The molecule has 0 aliphatic rings. The van der Waals surface area contributed by atoms with Crippen LogP contribution in [0.3, 0.4) is 0 Å². The Morgan fingerprint density at radius 1 is 1.50 bits per heavy atom. The maximum Gasteiger partial charge on any atom is 0.261 e. The minimum Gasteiger partial charge on any atom is -0.375 e. The highest BCUT2D eigenvalue weighted by molar-refractivity contribution is 6.33. The van der Waals surface area contributed by atoms with Crippen molar-refractivity contribution in [1.82, 2.24) is 19.9 Å². The maximum atomic E-state index is 11.8. The number of carbonyl (C=O) groups excluding carboxylic acids is 1. The molecule has 20 heavy (non-hydrogen) atoms. The molecule has 1 amide bonds. The van der Waals surface area contributed by atoms with Crippen LogP contribution in [0.5, 0.6) is 0 Å². The van der Waals surface area contributed by atoms with Gasteiger partial charge in [-0.1, -0.05) is 11.6 Å². The number of hydrogen-bond acceptors (Lipinski definition) is 5. The Hall–Kier alpha value is -1.87. The van der Waals surface area contributed by atoms with Crippen LogP contribution >= 0.6 is 11.6 Å². The van der Waals surface area contributed by atoms with Crippen molar-refractivity contribution in [2.75, 3.05) is 18.5 Å². The molecule has 0 atom stereocenters. The van der Waals surface area contributed by atoms with Crippen LogP contribution in [-0.4, -0.2) is 45.5 Å². The number of hydrogen-bond donors (Lipinski definition) is 2. The Morgan fingerprint density at radius 2 is 2.30 bits per heavy atom. The smallest absolute Gasteiger partial charge is 0.261 e. The van der Waals surface area contributed by atoms with Gasteiger partial charge in [-0.15, -0.1) is 0 Å². The third-order valence-electron chi connectivity index (χ3n) is 2.21. The number of anilines is 1. The van der Waals surface area contributed by atoms with Gasteiger partial charge in [-0.3, -0.25) is 10.1 Å². The lowest BCUT2D eigenvalue weighted by Crippen LogP contribution is -2.17. The van der Waals surface area contributed by atoms with Crippen molar-refractivity contribution in [2.45, 2.75) is 12.8 Å². The monoisotopic (exact) mass is 305 g/mol. The maximum absolute atomic E-state index is 11.8. The average molecular weight is 306 g/mol. The Labute approximate surface area is 116 Å². The first-order chi connectivity index (χ1) is 9.56. The molecule has 0 saturated heterocycles. The average Bonchev–Trinajstić information content (AvgIpc) is 2.83. The Bertz CT molecular complexity index is 606. The molecule has 0 aromatic carbocycles. The molecule has 2 rings (SSSR count). The van der Waals surface area contributed by atoms with Gasteiger partial charge in [0.05, 0.1) is 19.4 Å². The summed E-state index contributed by atoms with van der Waals surface area (Å²) in [5, 5.41) is 2.51. The molecule has 108 valence electrons. The van der Waals surface area contributed by atoms with Crippen LogP contribution in [0.25, 0.3) is 11.2 Å². The van der Waals surface area contributed by atoms with E-state index in [1.807, 2.05) is 0 Å². The molecule has 2 aromatic rings. The van der Waals surface area contributed by atoms with Crippen LogP contribution in [-0.2, 0) is 9.53 Å². The van der Waals surface area contributed by atoms with E-state index in [1.54, 1.807) is 0 Å². The Balaban J connectivity index is 1.89. The van der Waals surface area contributed by atoms with Gasteiger partial charge in [-0.2, -0.15) is 9.97 Å². The van der Waals surface area contributed by atoms with E-state index in [-0.39, 0.29) is 24.1 Å². The van der Waals surface area contributed by atoms with Crippen LogP contribution in [0.4, 0.5) is 14.7 Å². The van der Waals surface area contributed by atoms with Gasteiger partial charge in [-0.05, 0) is 0 Å². The van der Waals surface area contributed by atoms with Crippen LogP contribution in [0.2, 0.25) is 5.15 Å². The summed E-state index contributed by atoms with van der Waals surface area (Å²) < 4.78 is 28.2. The van der Waals surface area contributed by atoms with Crippen molar-refractivity contribution in [3.63, 3.8) is 0 Å². The first-order valence-electron chi connectivity index (χ1n) is 5.58. The number of aromatic nitrogens is 4. The highest BCUT2D eigenvalue weighted by Gasteiger charge is 2.11. The molecule has 0 bridgehead atoms. The van der Waals surface area contributed by atoms with Crippen molar-refractivity contribution in [1.29, 1.82) is 0 Å². The van der Waals surface area contributed by atoms with Crippen LogP contribution in [0.15, 0.2) is 6.33 Å². The molecule has 0 fully saturated rings. The zero-order valence-corrected chi connectivity index (χ0v) is 10.8. The summed E-state index contributed by atoms with van der Waals surface area (Å²) in [4.78, 5) is 26.0. The minimum absolute atomic E-state index is 0.00606. The first kappa shape index (κ1) is 14.5. The van der Waals surface area contributed by atoms with Crippen molar-refractivity contribution < 1.29 is 18.3 Å². The van der Waals surface area contributed by atoms with Gasteiger partial charge in [0.15, 0.2) is 10.8 Å². The zero-order valence-electron chi connectivity index (χ0n) is 10.1. The van der Waals surface area contributed by atoms with Gasteiger partial charge in [0, 0.05) is 0 Å². The summed E-state index contributed by atoms with van der Waals surface area (Å²) in [6.45, 7) is -0.816. The molecule has 0 unspecified atom stereocenters. The molecule has 2 N–H and O–H groups in total. The van der Waals surface area contributed by atoms with Gasteiger partial charge in [0.25, 0.3) is 6.43 Å². The number of fused-ring (bicyclic) bond motifs is 1. The summed E-state index contributed by atoms with van der Waals surface area (Å²) in [5.41, 5.74) is 0.777. The fraction of sp³-hybridized carbons (Fsp3) is 0.400. The van der Waals surface area contributed by atoms with E-state index in [0.29, 0.717) is 11.2 Å². The number of ether oxygens (including phenoxy) is 1. The molecule has 0 saturated carbocycles. The second kappa shape index (κ2) is 6.53. The third-order valence-corrected chi connectivity index (χ3v) is 2.48. The molecule has 7 nitrogen and oxygen atoms in total. The standard InChI is InChI=1S/C10H10ClF2N5O2/c11-8-7-9(15-4-14-7)18-10(17-8)16-6(19)1-2-20-3-5(12)13/h4-5H,1-3H2,(H2,14,15,16,17,18,19). The van der Waals surface area contributed by atoms with Crippen molar-refractivity contribution in [3.8, 4) is 0 Å². The SMILES string of the molecule is O=C(CCOCC(F)F)Nc1nc(Cl)c2[nH]cnc2n1. The van der Waals surface area contributed by atoms with E-state index < -0.39 is 18.9 Å². The number of rotatable bonds is 6. The number of carbonyl (C=O) groups is 1. The molecular formula is C10H10ClF2N5O2. The molecule has 2 heterocycles. The van der Waals surface area contributed by atoms with Gasteiger partial charge in [0.2, 0.25) is 11.9 Å². The number of H-pyrrole nitrogens is 1. The van der Waals surface area contributed by atoms with E-state index >= 15 is 0 Å². The van der Waals surface area contributed by atoms with Crippen molar-refractivity contribution in [3.05, 3.63) is 11.5 Å². The van der Waals surface area contributed by atoms with E-state index in [0.717, 1.165) is 0 Å². The van der Waals surface area contributed by atoms with Gasteiger partial charge >= 0.3 is 0 Å². The van der Waals surface area contributed by atoms with E-state index in [1.165, 1.54) is 6.33 Å². The molecule has 10 heteroatoms. The highest BCUT2D eigenvalue weighted by atomic mass is 35.5. The van der Waals surface area contributed by atoms with E-state index in [4.69, 9.17) is 11.6 Å². The lowest BCUT2D eigenvalue weighted by molar-refractivity contribution is -0.117. The zero-order chi connectivity index (χ0) is 14.5. The van der Waals surface area contributed by atoms with E-state index in [9.17, 15) is 13.6 Å². The van der Waals surface area contributed by atoms with Crippen LogP contribution < -0.4 is 5.32 Å². The molecule has 0 radical (unpaired) electrons. The van der Waals surface area contributed by atoms with Gasteiger partial charge < -0.3 is 9.72 Å². The number of alkyl halides is 2. The van der Waals surface area contributed by atoms with Crippen LogP contribution in [0.1, 0.15) is 6.42 Å². The topological polar surface area (TPSA) is 92.8 Å². The lowest BCUT2D eigenvalue weighted by Gasteiger charge is -2.05. The second-order valence-electron chi connectivity index (χ2n) is 3.70. The minimum atomic E-state index is -2.55. The lowest BCUT2D eigenvalue weighted by atomic mass is 10.4. The molecule has 0 aliphatic heterocycles. The van der Waals surface area contributed by atoms with Crippen molar-refractivity contribution in [2.24, 2.45) is 0 Å². The predicted molar refractivity (Wildman–Crippen MR) is 66.8 cm³/mol. The summed E-state index contributed by atoms with van der Waals surface area (Å²) in [6, 6.07) is 0. The number of imidazole rings is 1. The quantitative estimate of drug-likeness (QED) is 0.625. The molecule has 2 aromatic heterocycles. The molecule has 0 spiro atoms. The van der Waals surface area contributed by atoms with E-state index in [2.05, 4.69) is 30.0 Å². The number of halogens is 3. The summed E-state index contributed by atoms with van der Waals surface area (Å²) >= 11 is 5.87.